The van der Waals surface area contributed by atoms with Gasteiger partial charge >= 0.3 is 0 Å². The molecule has 4 rings (SSSR count). The van der Waals surface area contributed by atoms with Gasteiger partial charge in [0.15, 0.2) is 11.5 Å². The van der Waals surface area contributed by atoms with Crippen molar-refractivity contribution in [1.82, 2.24) is 0 Å². The van der Waals surface area contributed by atoms with Gasteiger partial charge in [-0.15, -0.1) is 0 Å². The van der Waals surface area contributed by atoms with Crippen LogP contribution < -0.4 is 20.5 Å². The number of benzene rings is 4. The van der Waals surface area contributed by atoms with Crippen molar-refractivity contribution in [3.63, 3.8) is 0 Å². The molecule has 5 nitrogen and oxygen atoms in total. The number of nitrogens with one attached hydrogen (secondary N) is 1. The highest BCUT2D eigenvalue weighted by molar-refractivity contribution is 6.05. The molecule has 4 aromatic carbocycles. The number of ether oxygens (including phenoxy) is 2. The van der Waals surface area contributed by atoms with E-state index in [1.165, 1.54) is 0 Å². The Morgan fingerprint density at radius 3 is 1.73 bits per heavy atom. The Bertz CT molecular complexity index is 1130. The summed E-state index contributed by atoms with van der Waals surface area (Å²) in [5.41, 5.74) is 7.59. The van der Waals surface area contributed by atoms with Crippen LogP contribution >= 0.6 is 0 Å². The summed E-state index contributed by atoms with van der Waals surface area (Å²) in [4.78, 5) is 12.7. The first-order valence-corrected chi connectivity index (χ1v) is 9.45. The Balaban J connectivity index is 1.69. The SMILES string of the molecule is Nc1cc(Oc2ccccc2)c(NC(=O)c2ccccc2)cc1Oc1ccccc1. The number of carbonyl (C=O) groups excluding carboxylic acids is 1. The van der Waals surface area contributed by atoms with E-state index in [1.807, 2.05) is 78.9 Å². The number of hydrogen-bond acceptors (Lipinski definition) is 4. The number of para-hydroxylation sites is 2. The zero-order valence-electron chi connectivity index (χ0n) is 16.1. The van der Waals surface area contributed by atoms with Gasteiger partial charge in [-0.05, 0) is 36.4 Å². The van der Waals surface area contributed by atoms with Gasteiger partial charge in [0, 0.05) is 17.7 Å². The summed E-state index contributed by atoms with van der Waals surface area (Å²) in [7, 11) is 0. The first kappa shape index (κ1) is 19.1. The van der Waals surface area contributed by atoms with E-state index < -0.39 is 0 Å². The summed E-state index contributed by atoms with van der Waals surface area (Å²) < 4.78 is 11.9. The van der Waals surface area contributed by atoms with Gasteiger partial charge in [0.05, 0.1) is 11.4 Å². The Kier molecular flexibility index (Phi) is 5.62. The minimum Gasteiger partial charge on any atom is -0.455 e. The van der Waals surface area contributed by atoms with Crippen LogP contribution in [-0.2, 0) is 0 Å². The van der Waals surface area contributed by atoms with Crippen LogP contribution in [0.5, 0.6) is 23.0 Å². The van der Waals surface area contributed by atoms with Gasteiger partial charge < -0.3 is 20.5 Å². The molecule has 148 valence electrons. The van der Waals surface area contributed by atoms with Gasteiger partial charge in [0.1, 0.15) is 11.5 Å². The fourth-order valence-corrected chi connectivity index (χ4v) is 2.86. The van der Waals surface area contributed by atoms with Crippen LogP contribution in [-0.4, -0.2) is 5.91 Å². The quantitative estimate of drug-likeness (QED) is 0.386. The third-order valence-corrected chi connectivity index (χ3v) is 4.34. The molecule has 0 spiro atoms. The first-order valence-electron chi connectivity index (χ1n) is 9.45. The van der Waals surface area contributed by atoms with E-state index in [2.05, 4.69) is 5.32 Å². The molecular weight excluding hydrogens is 376 g/mol. The summed E-state index contributed by atoms with van der Waals surface area (Å²) in [6.45, 7) is 0. The molecule has 4 aromatic rings. The number of amides is 1. The maximum absolute atomic E-state index is 12.7. The molecule has 30 heavy (non-hydrogen) atoms. The van der Waals surface area contributed by atoms with Crippen LogP contribution in [0.2, 0.25) is 0 Å². The lowest BCUT2D eigenvalue weighted by Crippen LogP contribution is -2.12. The standard InChI is InChI=1S/C25H20N2O3/c26-21-16-24(30-20-14-8-3-9-15-20)22(27-25(28)18-10-4-1-5-11-18)17-23(21)29-19-12-6-2-7-13-19/h1-17H,26H2,(H,27,28). The third kappa shape index (κ3) is 4.59. The van der Waals surface area contributed by atoms with Crippen molar-refractivity contribution < 1.29 is 14.3 Å². The van der Waals surface area contributed by atoms with Crippen molar-refractivity contribution in [2.75, 3.05) is 11.1 Å². The topological polar surface area (TPSA) is 73.6 Å². The van der Waals surface area contributed by atoms with Gasteiger partial charge in [-0.2, -0.15) is 0 Å². The number of anilines is 2. The third-order valence-electron chi connectivity index (χ3n) is 4.34. The number of carbonyl (C=O) groups is 1. The molecule has 0 aromatic heterocycles. The Morgan fingerprint density at radius 1 is 0.667 bits per heavy atom. The monoisotopic (exact) mass is 396 g/mol. The van der Waals surface area contributed by atoms with Crippen LogP contribution in [0.1, 0.15) is 10.4 Å². The molecule has 5 heteroatoms. The number of hydrogen-bond donors (Lipinski definition) is 2. The van der Waals surface area contributed by atoms with E-state index in [9.17, 15) is 4.79 Å². The van der Waals surface area contributed by atoms with Crippen molar-refractivity contribution in [3.05, 3.63) is 109 Å². The minimum absolute atomic E-state index is 0.260. The molecule has 0 heterocycles. The Hall–Kier alpha value is -4.25. The summed E-state index contributed by atoms with van der Waals surface area (Å²) in [5, 5.41) is 2.90. The second-order valence-corrected chi connectivity index (χ2v) is 6.54. The minimum atomic E-state index is -0.260. The maximum Gasteiger partial charge on any atom is 0.255 e. The smallest absolute Gasteiger partial charge is 0.255 e. The molecule has 0 radical (unpaired) electrons. The highest BCUT2D eigenvalue weighted by Crippen LogP contribution is 2.39. The second-order valence-electron chi connectivity index (χ2n) is 6.54. The molecule has 0 saturated heterocycles. The average molecular weight is 396 g/mol. The molecule has 0 unspecified atom stereocenters. The van der Waals surface area contributed by atoms with E-state index in [0.717, 1.165) is 0 Å². The molecule has 3 N–H and O–H groups in total. The lowest BCUT2D eigenvalue weighted by atomic mass is 10.2. The largest absolute Gasteiger partial charge is 0.455 e. The zero-order valence-corrected chi connectivity index (χ0v) is 16.1. The number of nitrogen functional groups attached to an aromatic ring is 1. The van der Waals surface area contributed by atoms with Gasteiger partial charge in [-0.1, -0.05) is 54.6 Å². The predicted molar refractivity (Wildman–Crippen MR) is 118 cm³/mol. The predicted octanol–water partition coefficient (Wildman–Crippen LogP) is 6.11. The fourth-order valence-electron chi connectivity index (χ4n) is 2.86. The van der Waals surface area contributed by atoms with Crippen molar-refractivity contribution >= 4 is 17.3 Å². The van der Waals surface area contributed by atoms with Crippen molar-refractivity contribution in [2.24, 2.45) is 0 Å². The van der Waals surface area contributed by atoms with Crippen LogP contribution in [0, 0.1) is 0 Å². The highest BCUT2D eigenvalue weighted by atomic mass is 16.5. The first-order chi connectivity index (χ1) is 14.7. The lowest BCUT2D eigenvalue weighted by molar-refractivity contribution is 0.102. The number of nitrogens with two attached hydrogens (primary N) is 1. The van der Waals surface area contributed by atoms with Gasteiger partial charge in [-0.3, -0.25) is 4.79 Å². The van der Waals surface area contributed by atoms with Crippen molar-refractivity contribution in [2.45, 2.75) is 0 Å². The fraction of sp³-hybridized carbons (Fsp3) is 0. The maximum atomic E-state index is 12.7. The highest BCUT2D eigenvalue weighted by Gasteiger charge is 2.15. The van der Waals surface area contributed by atoms with Gasteiger partial charge in [-0.25, -0.2) is 0 Å². The van der Waals surface area contributed by atoms with Gasteiger partial charge in [0.2, 0.25) is 0 Å². The summed E-state index contributed by atoms with van der Waals surface area (Å²) in [6.07, 6.45) is 0. The van der Waals surface area contributed by atoms with E-state index >= 15 is 0 Å². The van der Waals surface area contributed by atoms with E-state index in [-0.39, 0.29) is 5.91 Å². The Morgan fingerprint density at radius 2 is 1.17 bits per heavy atom. The summed E-state index contributed by atoms with van der Waals surface area (Å²) >= 11 is 0. The van der Waals surface area contributed by atoms with E-state index in [0.29, 0.717) is 39.9 Å². The molecule has 0 aliphatic carbocycles. The molecule has 0 fully saturated rings. The molecule has 0 aliphatic heterocycles. The van der Waals surface area contributed by atoms with Gasteiger partial charge in [0.25, 0.3) is 5.91 Å². The molecular formula is C25H20N2O3. The molecule has 0 atom stereocenters. The number of rotatable bonds is 6. The van der Waals surface area contributed by atoms with Crippen molar-refractivity contribution in [3.8, 4) is 23.0 Å². The average Bonchev–Trinajstić information content (AvgIpc) is 2.79. The summed E-state index contributed by atoms with van der Waals surface area (Å²) in [6, 6.07) is 30.9. The van der Waals surface area contributed by atoms with Crippen molar-refractivity contribution in [1.29, 1.82) is 0 Å². The molecule has 0 aliphatic rings. The Labute approximate surface area is 174 Å². The van der Waals surface area contributed by atoms with E-state index in [1.54, 1.807) is 24.3 Å². The summed E-state index contributed by atoms with van der Waals surface area (Å²) in [5.74, 6) is 1.85. The lowest BCUT2D eigenvalue weighted by Gasteiger charge is -2.16. The normalized spacial score (nSPS) is 10.3. The second kappa shape index (κ2) is 8.84. The van der Waals surface area contributed by atoms with Crippen LogP contribution in [0.3, 0.4) is 0 Å². The van der Waals surface area contributed by atoms with Crippen LogP contribution in [0.25, 0.3) is 0 Å². The van der Waals surface area contributed by atoms with E-state index in [4.69, 9.17) is 15.2 Å². The zero-order chi connectivity index (χ0) is 20.8. The van der Waals surface area contributed by atoms with Crippen LogP contribution in [0.15, 0.2) is 103 Å². The molecule has 0 saturated carbocycles. The molecule has 0 bridgehead atoms. The molecule has 1 amide bonds. The van der Waals surface area contributed by atoms with Crippen LogP contribution in [0.4, 0.5) is 11.4 Å².